The fourth-order valence-electron chi connectivity index (χ4n) is 0.410. The molecule has 56 valence electrons. The molecule has 0 fully saturated rings. The maximum Gasteiger partial charge on any atom is 0.364 e. The number of hydrogen-bond donors (Lipinski definition) is 1. The van der Waals surface area contributed by atoms with Crippen LogP contribution in [0.25, 0.3) is 0 Å². The number of halogens is 1. The van der Waals surface area contributed by atoms with Crippen molar-refractivity contribution < 1.29 is 13.0 Å². The second kappa shape index (κ2) is 2.47. The summed E-state index contributed by atoms with van der Waals surface area (Å²) in [5.41, 5.74) is 0. The summed E-state index contributed by atoms with van der Waals surface area (Å²) >= 11 is 1.83. The standard InChI is InChI=1S/C3H3IN2O3S/c4-3-1-6(2-5-3)10(7,8)9/h1-2H,(H,7,8,9). The van der Waals surface area contributed by atoms with E-state index in [-0.39, 0.29) is 0 Å². The highest BCUT2D eigenvalue weighted by molar-refractivity contribution is 14.1. The minimum absolute atomic E-state index is 0.509. The Kier molecular flexibility index (Phi) is 1.97. The monoisotopic (exact) mass is 274 g/mol. The Morgan fingerprint density at radius 2 is 2.30 bits per heavy atom. The Balaban J connectivity index is 3.21. The van der Waals surface area contributed by atoms with Crippen molar-refractivity contribution in [3.8, 4) is 0 Å². The minimum atomic E-state index is -4.13. The molecule has 0 saturated carbocycles. The molecule has 1 N–H and O–H groups in total. The Morgan fingerprint density at radius 3 is 2.50 bits per heavy atom. The van der Waals surface area contributed by atoms with E-state index in [1.54, 1.807) is 0 Å². The summed E-state index contributed by atoms with van der Waals surface area (Å²) in [5, 5.41) is 0. The van der Waals surface area contributed by atoms with Crippen LogP contribution < -0.4 is 0 Å². The molecule has 1 heterocycles. The summed E-state index contributed by atoms with van der Waals surface area (Å²) in [6, 6.07) is 0. The van der Waals surface area contributed by atoms with Gasteiger partial charge in [0.25, 0.3) is 0 Å². The number of imidazole rings is 1. The summed E-state index contributed by atoms with van der Waals surface area (Å²) < 4.78 is 30.2. The first-order valence-corrected chi connectivity index (χ1v) is 4.65. The van der Waals surface area contributed by atoms with Gasteiger partial charge in [-0.05, 0) is 22.6 Å². The number of hydrogen-bond acceptors (Lipinski definition) is 3. The molecule has 0 aliphatic carbocycles. The first-order chi connectivity index (χ1) is 4.50. The molecule has 10 heavy (non-hydrogen) atoms. The van der Waals surface area contributed by atoms with E-state index in [2.05, 4.69) is 4.98 Å². The van der Waals surface area contributed by atoms with E-state index in [1.165, 1.54) is 6.20 Å². The van der Waals surface area contributed by atoms with Gasteiger partial charge in [-0.15, -0.1) is 0 Å². The van der Waals surface area contributed by atoms with Crippen LogP contribution >= 0.6 is 22.6 Å². The Bertz CT molecular complexity index is 329. The Morgan fingerprint density at radius 1 is 1.70 bits per heavy atom. The van der Waals surface area contributed by atoms with Gasteiger partial charge in [-0.1, -0.05) is 0 Å². The second-order valence-corrected chi connectivity index (χ2v) is 3.93. The lowest BCUT2D eigenvalue weighted by Gasteiger charge is -1.91. The summed E-state index contributed by atoms with van der Waals surface area (Å²) in [7, 11) is -4.13. The average Bonchev–Trinajstić information content (AvgIpc) is 2.11. The topological polar surface area (TPSA) is 72.2 Å². The molecule has 0 aliphatic rings. The van der Waals surface area contributed by atoms with Crippen molar-refractivity contribution in [1.29, 1.82) is 0 Å². The van der Waals surface area contributed by atoms with Crippen molar-refractivity contribution in [3.05, 3.63) is 16.2 Å². The molecule has 0 radical (unpaired) electrons. The maximum absolute atomic E-state index is 10.3. The van der Waals surface area contributed by atoms with Crippen molar-refractivity contribution in [2.75, 3.05) is 0 Å². The lowest BCUT2D eigenvalue weighted by Crippen LogP contribution is -2.07. The third kappa shape index (κ3) is 1.67. The van der Waals surface area contributed by atoms with E-state index in [4.69, 9.17) is 4.55 Å². The molecule has 1 rings (SSSR count). The lowest BCUT2D eigenvalue weighted by atomic mass is 11.0. The molecule has 0 aliphatic heterocycles. The van der Waals surface area contributed by atoms with Crippen LogP contribution in [-0.2, 0) is 10.3 Å². The lowest BCUT2D eigenvalue weighted by molar-refractivity contribution is 0.472. The van der Waals surface area contributed by atoms with Gasteiger partial charge in [0.2, 0.25) is 0 Å². The molecular formula is C3H3IN2O3S. The van der Waals surface area contributed by atoms with E-state index >= 15 is 0 Å². The van der Waals surface area contributed by atoms with Gasteiger partial charge in [-0.2, -0.15) is 8.42 Å². The summed E-state index contributed by atoms with van der Waals surface area (Å²) in [6.07, 6.45) is 2.23. The highest BCUT2D eigenvalue weighted by Gasteiger charge is 2.06. The van der Waals surface area contributed by atoms with E-state index in [0.29, 0.717) is 7.67 Å². The van der Waals surface area contributed by atoms with E-state index in [0.717, 1.165) is 6.33 Å². The molecule has 0 bridgehead atoms. The molecule has 0 unspecified atom stereocenters. The molecule has 1 aromatic heterocycles. The summed E-state index contributed by atoms with van der Waals surface area (Å²) in [4.78, 5) is 3.59. The zero-order valence-electron chi connectivity index (χ0n) is 4.60. The van der Waals surface area contributed by atoms with E-state index < -0.39 is 10.3 Å². The van der Waals surface area contributed by atoms with Gasteiger partial charge in [0.05, 0.1) is 6.20 Å². The summed E-state index contributed by atoms with van der Waals surface area (Å²) in [5.74, 6) is 0. The zero-order chi connectivity index (χ0) is 7.78. The van der Waals surface area contributed by atoms with Crippen molar-refractivity contribution in [3.63, 3.8) is 0 Å². The van der Waals surface area contributed by atoms with Crippen molar-refractivity contribution >= 4 is 32.9 Å². The molecule has 0 amide bonds. The Hall–Kier alpha value is -0.150. The minimum Gasteiger partial charge on any atom is -0.269 e. The van der Waals surface area contributed by atoms with Gasteiger partial charge in [0.1, 0.15) is 10.0 Å². The second-order valence-electron chi connectivity index (χ2n) is 1.50. The molecular weight excluding hydrogens is 271 g/mol. The normalized spacial score (nSPS) is 11.8. The van der Waals surface area contributed by atoms with Crippen LogP contribution in [0, 0.1) is 3.70 Å². The van der Waals surface area contributed by atoms with Crippen LogP contribution in [0.5, 0.6) is 0 Å². The van der Waals surface area contributed by atoms with Crippen LogP contribution in [0.1, 0.15) is 0 Å². The van der Waals surface area contributed by atoms with Crippen LogP contribution in [0.3, 0.4) is 0 Å². The average molecular weight is 274 g/mol. The van der Waals surface area contributed by atoms with Gasteiger partial charge < -0.3 is 0 Å². The SMILES string of the molecule is O=S(=O)(O)n1cnc(I)c1. The molecule has 1 aromatic rings. The number of nitrogens with zero attached hydrogens (tertiary/aromatic N) is 2. The van der Waals surface area contributed by atoms with Gasteiger partial charge in [-0.3, -0.25) is 4.55 Å². The first-order valence-electron chi connectivity index (χ1n) is 2.17. The number of rotatable bonds is 1. The molecule has 5 nitrogen and oxygen atoms in total. The molecule has 0 atom stereocenters. The van der Waals surface area contributed by atoms with Gasteiger partial charge >= 0.3 is 10.3 Å². The highest BCUT2D eigenvalue weighted by atomic mass is 127. The fraction of sp³-hybridized carbons (Fsp3) is 0. The van der Waals surface area contributed by atoms with Gasteiger partial charge in [0.15, 0.2) is 0 Å². The van der Waals surface area contributed by atoms with Crippen LogP contribution in [0.4, 0.5) is 0 Å². The molecule has 0 spiro atoms. The van der Waals surface area contributed by atoms with Crippen molar-refractivity contribution in [2.24, 2.45) is 0 Å². The Labute approximate surface area is 71.1 Å². The smallest absolute Gasteiger partial charge is 0.269 e. The van der Waals surface area contributed by atoms with Gasteiger partial charge in [0, 0.05) is 0 Å². The van der Waals surface area contributed by atoms with Crippen molar-refractivity contribution in [2.45, 2.75) is 0 Å². The zero-order valence-corrected chi connectivity index (χ0v) is 7.57. The van der Waals surface area contributed by atoms with Crippen LogP contribution in [0.15, 0.2) is 12.5 Å². The van der Waals surface area contributed by atoms with E-state index in [1.807, 2.05) is 22.6 Å². The van der Waals surface area contributed by atoms with Crippen molar-refractivity contribution in [1.82, 2.24) is 8.96 Å². The third-order valence-electron chi connectivity index (χ3n) is 0.795. The largest absolute Gasteiger partial charge is 0.364 e. The molecule has 0 aromatic carbocycles. The fourth-order valence-corrected chi connectivity index (χ4v) is 1.42. The van der Waals surface area contributed by atoms with Gasteiger partial charge in [-0.25, -0.2) is 8.96 Å². The number of aromatic nitrogens is 2. The van der Waals surface area contributed by atoms with Crippen LogP contribution in [0.2, 0.25) is 0 Å². The third-order valence-corrected chi connectivity index (χ3v) is 2.08. The quantitative estimate of drug-likeness (QED) is 0.584. The molecule has 7 heteroatoms. The predicted octanol–water partition coefficient (Wildman–Crippen LogP) is 0.139. The predicted molar refractivity (Wildman–Crippen MR) is 41.9 cm³/mol. The first kappa shape index (κ1) is 7.95. The highest BCUT2D eigenvalue weighted by Crippen LogP contribution is 2.01. The van der Waals surface area contributed by atoms with Crippen LogP contribution in [-0.4, -0.2) is 21.9 Å². The van der Waals surface area contributed by atoms with E-state index in [9.17, 15) is 8.42 Å². The maximum atomic E-state index is 10.3. The molecule has 0 saturated heterocycles. The summed E-state index contributed by atoms with van der Waals surface area (Å²) in [6.45, 7) is 0.